The van der Waals surface area contributed by atoms with E-state index in [0.717, 1.165) is 0 Å². The number of carboxylic acid groups (broad SMARTS) is 1. The van der Waals surface area contributed by atoms with Gasteiger partial charge in [0, 0.05) is 11.1 Å². The monoisotopic (exact) mass is 332 g/mol. The fraction of sp³-hybridized carbons (Fsp3) is 0.125. The molecule has 2 aromatic carbocycles. The van der Waals surface area contributed by atoms with Crippen LogP contribution in [-0.4, -0.2) is 17.1 Å². The minimum absolute atomic E-state index is 0.000537. The van der Waals surface area contributed by atoms with Gasteiger partial charge in [0.2, 0.25) is 0 Å². The molecule has 1 unspecified atom stereocenters. The highest BCUT2D eigenvalue weighted by molar-refractivity contribution is 6.30. The van der Waals surface area contributed by atoms with Gasteiger partial charge in [0.1, 0.15) is 11.6 Å². The van der Waals surface area contributed by atoms with E-state index in [9.17, 15) is 9.90 Å². The average Bonchev–Trinajstić information content (AvgIpc) is 2.92. The Hall–Kier alpha value is -2.73. The molecule has 0 aliphatic carbocycles. The highest BCUT2D eigenvalue weighted by Gasteiger charge is 2.15. The van der Waals surface area contributed by atoms with Crippen LogP contribution in [0.2, 0.25) is 5.02 Å². The fourth-order valence-corrected chi connectivity index (χ4v) is 2.05. The number of fused-ring (bicyclic) bond motifs is 1. The van der Waals surface area contributed by atoms with Crippen LogP contribution < -0.4 is 14.6 Å². The maximum Gasteiger partial charge on any atom is 0.400 e. The first-order valence-corrected chi connectivity index (χ1v) is 7.11. The van der Waals surface area contributed by atoms with Crippen molar-refractivity contribution in [1.82, 2.24) is 4.98 Å². The van der Waals surface area contributed by atoms with Gasteiger partial charge < -0.3 is 23.8 Å². The molecule has 23 heavy (non-hydrogen) atoms. The summed E-state index contributed by atoms with van der Waals surface area (Å²) < 4.78 is 16.3. The minimum atomic E-state index is -1.34. The van der Waals surface area contributed by atoms with E-state index in [2.05, 4.69) is 4.98 Å². The Kier molecular flexibility index (Phi) is 4.08. The standard InChI is InChI=1S/C16H12ClNO5/c1-9(15(19)20)21-13-7-6-10(17)8-14(13)23-16-18-11-4-2-3-5-12(11)22-16/h2-9H,1H3,(H,19,20)/p-1. The molecular weight excluding hydrogens is 322 g/mol. The second kappa shape index (κ2) is 6.18. The number of ether oxygens (including phenoxy) is 2. The van der Waals surface area contributed by atoms with Gasteiger partial charge in [-0.25, -0.2) is 0 Å². The summed E-state index contributed by atoms with van der Waals surface area (Å²) in [5.74, 6) is -0.960. The molecule has 0 saturated heterocycles. The van der Waals surface area contributed by atoms with E-state index in [1.807, 2.05) is 12.1 Å². The van der Waals surface area contributed by atoms with Gasteiger partial charge in [-0.3, -0.25) is 0 Å². The van der Waals surface area contributed by atoms with Gasteiger partial charge in [-0.05, 0) is 31.2 Å². The summed E-state index contributed by atoms with van der Waals surface area (Å²) in [6.45, 7) is 1.35. The molecule has 0 radical (unpaired) electrons. The smallest absolute Gasteiger partial charge is 0.400 e. The zero-order valence-corrected chi connectivity index (χ0v) is 12.7. The summed E-state index contributed by atoms with van der Waals surface area (Å²) >= 11 is 5.95. The van der Waals surface area contributed by atoms with Gasteiger partial charge in [-0.2, -0.15) is 4.98 Å². The molecule has 118 valence electrons. The first-order chi connectivity index (χ1) is 11.0. The molecule has 0 N–H and O–H groups in total. The van der Waals surface area contributed by atoms with Crippen LogP contribution in [0.3, 0.4) is 0 Å². The van der Waals surface area contributed by atoms with E-state index in [0.29, 0.717) is 16.1 Å². The van der Waals surface area contributed by atoms with E-state index in [1.54, 1.807) is 18.2 Å². The van der Waals surface area contributed by atoms with E-state index < -0.39 is 12.1 Å². The Labute approximate surface area is 136 Å². The Morgan fingerprint density at radius 3 is 2.78 bits per heavy atom. The third-order valence-electron chi connectivity index (χ3n) is 3.01. The first-order valence-electron chi connectivity index (χ1n) is 6.73. The predicted octanol–water partition coefficient (Wildman–Crippen LogP) is 2.79. The van der Waals surface area contributed by atoms with Crippen LogP contribution in [0.4, 0.5) is 0 Å². The van der Waals surface area contributed by atoms with Crippen LogP contribution in [-0.2, 0) is 4.79 Å². The molecular formula is C16H11ClNO5-. The number of hydrogen-bond donors (Lipinski definition) is 0. The molecule has 0 aliphatic heterocycles. The molecule has 3 rings (SSSR count). The van der Waals surface area contributed by atoms with Crippen LogP contribution >= 0.6 is 11.6 Å². The number of oxazole rings is 1. The fourth-order valence-electron chi connectivity index (χ4n) is 1.89. The quantitative estimate of drug-likeness (QED) is 0.714. The lowest BCUT2D eigenvalue weighted by molar-refractivity contribution is -0.312. The number of aromatic nitrogens is 1. The van der Waals surface area contributed by atoms with Crippen molar-refractivity contribution in [2.75, 3.05) is 0 Å². The van der Waals surface area contributed by atoms with E-state index in [-0.39, 0.29) is 17.6 Å². The summed E-state index contributed by atoms with van der Waals surface area (Å²) in [6.07, 6.45) is -1.15. The number of para-hydroxylation sites is 2. The van der Waals surface area contributed by atoms with E-state index in [1.165, 1.54) is 19.1 Å². The third kappa shape index (κ3) is 3.37. The van der Waals surface area contributed by atoms with Gasteiger partial charge in [-0.15, -0.1) is 0 Å². The van der Waals surface area contributed by atoms with Crippen molar-refractivity contribution < 1.29 is 23.8 Å². The number of benzene rings is 2. The van der Waals surface area contributed by atoms with Crippen molar-refractivity contribution >= 4 is 28.7 Å². The number of carbonyl (C=O) groups excluding carboxylic acids is 1. The van der Waals surface area contributed by atoms with Gasteiger partial charge in [0.05, 0.1) is 5.97 Å². The number of carboxylic acids is 1. The Morgan fingerprint density at radius 2 is 2.04 bits per heavy atom. The summed E-state index contributed by atoms with van der Waals surface area (Å²) in [6, 6.07) is 11.7. The van der Waals surface area contributed by atoms with Gasteiger partial charge >= 0.3 is 6.08 Å². The maximum atomic E-state index is 10.8. The molecule has 0 amide bonds. The van der Waals surface area contributed by atoms with Crippen LogP contribution in [0.25, 0.3) is 11.1 Å². The SMILES string of the molecule is CC(Oc1ccc(Cl)cc1Oc1nc2ccccc2o1)C(=O)[O-]. The zero-order chi connectivity index (χ0) is 16.4. The second-order valence-corrected chi connectivity index (χ2v) is 5.16. The average molecular weight is 333 g/mol. The molecule has 0 bridgehead atoms. The van der Waals surface area contributed by atoms with Crippen molar-refractivity contribution in [2.24, 2.45) is 0 Å². The van der Waals surface area contributed by atoms with Gasteiger partial charge in [-0.1, -0.05) is 23.7 Å². The van der Waals surface area contributed by atoms with Crippen molar-refractivity contribution in [3.05, 3.63) is 47.5 Å². The molecule has 1 aromatic heterocycles. The molecule has 3 aromatic rings. The lowest BCUT2D eigenvalue weighted by Crippen LogP contribution is -2.37. The van der Waals surface area contributed by atoms with Crippen molar-refractivity contribution in [1.29, 1.82) is 0 Å². The molecule has 1 heterocycles. The molecule has 0 fully saturated rings. The number of carbonyl (C=O) groups is 1. The van der Waals surface area contributed by atoms with Crippen molar-refractivity contribution in [3.8, 4) is 17.6 Å². The zero-order valence-electron chi connectivity index (χ0n) is 12.0. The predicted molar refractivity (Wildman–Crippen MR) is 80.6 cm³/mol. The lowest BCUT2D eigenvalue weighted by Gasteiger charge is -2.17. The van der Waals surface area contributed by atoms with E-state index in [4.69, 9.17) is 25.5 Å². The Balaban J connectivity index is 1.91. The van der Waals surface area contributed by atoms with Gasteiger partial charge in [0.15, 0.2) is 17.1 Å². The van der Waals surface area contributed by atoms with Gasteiger partial charge in [0.25, 0.3) is 0 Å². The van der Waals surface area contributed by atoms with Crippen LogP contribution in [0.5, 0.6) is 17.6 Å². The summed E-state index contributed by atoms with van der Waals surface area (Å²) in [5.41, 5.74) is 1.20. The topological polar surface area (TPSA) is 84.6 Å². The highest BCUT2D eigenvalue weighted by Crippen LogP contribution is 2.35. The Morgan fingerprint density at radius 1 is 1.26 bits per heavy atom. The molecule has 1 atom stereocenters. The largest absolute Gasteiger partial charge is 0.546 e. The van der Waals surface area contributed by atoms with Crippen molar-refractivity contribution in [2.45, 2.75) is 13.0 Å². The maximum absolute atomic E-state index is 10.8. The number of halogens is 1. The van der Waals surface area contributed by atoms with Crippen LogP contribution in [0.1, 0.15) is 6.92 Å². The van der Waals surface area contributed by atoms with E-state index >= 15 is 0 Å². The van der Waals surface area contributed by atoms with Crippen LogP contribution in [0.15, 0.2) is 46.9 Å². The normalized spacial score (nSPS) is 12.1. The van der Waals surface area contributed by atoms with Crippen molar-refractivity contribution in [3.63, 3.8) is 0 Å². The number of aliphatic carboxylic acids is 1. The summed E-state index contributed by atoms with van der Waals surface area (Å²) in [4.78, 5) is 15.0. The Bertz CT molecular complexity index is 828. The first kappa shape index (κ1) is 15.2. The number of hydrogen-bond acceptors (Lipinski definition) is 6. The molecule has 0 aliphatic rings. The second-order valence-electron chi connectivity index (χ2n) is 4.72. The number of rotatable bonds is 5. The molecule has 6 nitrogen and oxygen atoms in total. The molecule has 0 saturated carbocycles. The molecule has 7 heteroatoms. The summed E-state index contributed by atoms with van der Waals surface area (Å²) in [5, 5.41) is 11.2. The summed E-state index contributed by atoms with van der Waals surface area (Å²) in [7, 11) is 0. The lowest BCUT2D eigenvalue weighted by atomic mass is 10.3. The van der Waals surface area contributed by atoms with Crippen LogP contribution in [0, 0.1) is 0 Å². The highest BCUT2D eigenvalue weighted by atomic mass is 35.5. The third-order valence-corrected chi connectivity index (χ3v) is 3.25. The number of nitrogens with zero attached hydrogens (tertiary/aromatic N) is 1. The minimum Gasteiger partial charge on any atom is -0.546 e. The molecule has 0 spiro atoms.